The van der Waals surface area contributed by atoms with Crippen molar-refractivity contribution < 1.29 is 59.4 Å². The molecule has 0 atom stereocenters. The molecule has 0 unspecified atom stereocenters. The summed E-state index contributed by atoms with van der Waals surface area (Å²) in [4.78, 5) is 12.9. The zero-order valence-corrected chi connectivity index (χ0v) is 18.9. The zero-order valence-electron chi connectivity index (χ0n) is 14.2. The topological polar surface area (TPSA) is 72.0 Å². The minimum atomic E-state index is -0.747. The molecule has 1 aliphatic heterocycles. The van der Waals surface area contributed by atoms with Crippen LogP contribution >= 0.6 is 0 Å². The fourth-order valence-electron chi connectivity index (χ4n) is 3.21. The molecule has 1 radical (unpaired) electrons. The summed E-state index contributed by atoms with van der Waals surface area (Å²) >= 11 is 0. The van der Waals surface area contributed by atoms with Crippen molar-refractivity contribution in [2.45, 2.75) is 12.8 Å². The second kappa shape index (κ2) is 10.9. The van der Waals surface area contributed by atoms with Gasteiger partial charge in [-0.1, -0.05) is 66.2 Å². The van der Waals surface area contributed by atoms with Gasteiger partial charge >= 0.3 is 5.97 Å². The number of benzene rings is 2. The molecule has 3 rings (SSSR count). The fourth-order valence-corrected chi connectivity index (χ4v) is 3.21. The predicted molar refractivity (Wildman–Crippen MR) is 95.8 cm³/mol. The van der Waals surface area contributed by atoms with Crippen LogP contribution in [-0.2, 0) is 4.79 Å². The van der Waals surface area contributed by atoms with Crippen molar-refractivity contribution in [3.05, 3.63) is 77.4 Å². The number of carboxylic acids is 1. The van der Waals surface area contributed by atoms with Crippen LogP contribution in [0.15, 0.2) is 66.2 Å². The Morgan fingerprint density at radius 3 is 1.72 bits per heavy atom. The smallest absolute Gasteiger partial charge is 0.317 e. The third-order valence-corrected chi connectivity index (χ3v) is 4.30. The molecule has 0 bridgehead atoms. The van der Waals surface area contributed by atoms with E-state index in [0.29, 0.717) is 0 Å². The van der Waals surface area contributed by atoms with Crippen molar-refractivity contribution in [2.24, 2.45) is 0 Å². The van der Waals surface area contributed by atoms with Gasteiger partial charge in [-0.2, -0.15) is 0 Å². The SMILES string of the molecule is O.O=C(O)CN1CCC(=C(c2ccccc2)c2ccccc2)CC1.[Ac]. The third kappa shape index (κ3) is 6.04. The summed E-state index contributed by atoms with van der Waals surface area (Å²) < 4.78 is 0. The molecular formula is C20H23AcNO3. The Bertz CT molecular complexity index is 650. The summed E-state index contributed by atoms with van der Waals surface area (Å²) in [6.45, 7) is 1.76. The van der Waals surface area contributed by atoms with Crippen molar-refractivity contribution in [3.8, 4) is 0 Å². The van der Waals surface area contributed by atoms with E-state index >= 15 is 0 Å². The average molecular weight is 552 g/mol. The molecule has 0 amide bonds. The second-order valence-electron chi connectivity index (χ2n) is 5.88. The Labute approximate surface area is 184 Å². The summed E-state index contributed by atoms with van der Waals surface area (Å²) in [5.74, 6) is -0.747. The van der Waals surface area contributed by atoms with Gasteiger partial charge in [0.25, 0.3) is 0 Å². The molecule has 1 fully saturated rings. The summed E-state index contributed by atoms with van der Waals surface area (Å²) in [5.41, 5.74) is 5.20. The third-order valence-electron chi connectivity index (χ3n) is 4.30. The van der Waals surface area contributed by atoms with Crippen LogP contribution in [0, 0.1) is 44.1 Å². The van der Waals surface area contributed by atoms with E-state index < -0.39 is 5.97 Å². The molecule has 2 aromatic carbocycles. The van der Waals surface area contributed by atoms with E-state index in [-0.39, 0.29) is 56.1 Å². The molecule has 3 N–H and O–H groups in total. The van der Waals surface area contributed by atoms with Crippen molar-refractivity contribution in [1.29, 1.82) is 0 Å². The Kier molecular flexibility index (Phi) is 9.60. The van der Waals surface area contributed by atoms with E-state index in [1.807, 2.05) is 17.0 Å². The van der Waals surface area contributed by atoms with Crippen molar-refractivity contribution >= 4 is 11.5 Å². The minimum absolute atomic E-state index is 0. The van der Waals surface area contributed by atoms with Gasteiger partial charge in [-0.15, -0.1) is 0 Å². The maximum absolute atomic E-state index is 10.9. The molecule has 0 saturated carbocycles. The first kappa shape index (κ1) is 22.1. The Balaban J connectivity index is 0.00000156. The van der Waals surface area contributed by atoms with Crippen LogP contribution in [0.4, 0.5) is 0 Å². The van der Waals surface area contributed by atoms with Crippen LogP contribution in [0.1, 0.15) is 24.0 Å². The van der Waals surface area contributed by atoms with Gasteiger partial charge in [-0.25, -0.2) is 0 Å². The maximum atomic E-state index is 10.9. The number of hydrogen-bond donors (Lipinski definition) is 1. The van der Waals surface area contributed by atoms with Gasteiger partial charge in [0.1, 0.15) is 0 Å². The summed E-state index contributed by atoms with van der Waals surface area (Å²) in [6, 6.07) is 20.9. The molecular weight excluding hydrogens is 529 g/mol. The summed E-state index contributed by atoms with van der Waals surface area (Å²) in [7, 11) is 0. The average Bonchev–Trinajstić information content (AvgIpc) is 2.58. The number of carbonyl (C=O) groups is 1. The molecule has 25 heavy (non-hydrogen) atoms. The quantitative estimate of drug-likeness (QED) is 0.635. The number of carboxylic acid groups (broad SMARTS) is 1. The van der Waals surface area contributed by atoms with Crippen LogP contribution in [0.2, 0.25) is 0 Å². The minimum Gasteiger partial charge on any atom is -0.480 e. The number of piperidine rings is 1. The zero-order chi connectivity index (χ0) is 16.1. The summed E-state index contributed by atoms with van der Waals surface area (Å²) in [5, 5.41) is 8.94. The molecule has 4 nitrogen and oxygen atoms in total. The Morgan fingerprint density at radius 1 is 0.880 bits per heavy atom. The van der Waals surface area contributed by atoms with Gasteiger partial charge in [-0.3, -0.25) is 9.69 Å². The second-order valence-corrected chi connectivity index (χ2v) is 5.88. The van der Waals surface area contributed by atoms with Gasteiger partial charge in [-0.05, 0) is 29.5 Å². The van der Waals surface area contributed by atoms with Crippen molar-refractivity contribution in [3.63, 3.8) is 0 Å². The maximum Gasteiger partial charge on any atom is 0.317 e. The van der Waals surface area contributed by atoms with Gasteiger partial charge in [0.05, 0.1) is 6.54 Å². The van der Waals surface area contributed by atoms with Gasteiger partial charge in [0, 0.05) is 57.2 Å². The first-order valence-corrected chi connectivity index (χ1v) is 8.01. The molecule has 0 aliphatic carbocycles. The molecule has 1 saturated heterocycles. The Morgan fingerprint density at radius 2 is 1.32 bits per heavy atom. The number of hydrogen-bond acceptors (Lipinski definition) is 2. The predicted octanol–water partition coefficient (Wildman–Crippen LogP) is 2.84. The molecule has 0 spiro atoms. The largest absolute Gasteiger partial charge is 0.480 e. The van der Waals surface area contributed by atoms with Crippen LogP contribution in [0.25, 0.3) is 5.57 Å². The van der Waals surface area contributed by atoms with Gasteiger partial charge in [0.2, 0.25) is 0 Å². The van der Waals surface area contributed by atoms with E-state index in [2.05, 4.69) is 48.5 Å². The number of nitrogens with zero attached hydrogens (tertiary/aromatic N) is 1. The first-order valence-electron chi connectivity index (χ1n) is 8.01. The number of rotatable bonds is 4. The molecule has 0 aromatic heterocycles. The van der Waals surface area contributed by atoms with Crippen molar-refractivity contribution in [1.82, 2.24) is 4.90 Å². The molecule has 5 heteroatoms. The fraction of sp³-hybridized carbons (Fsp3) is 0.250. The molecule has 1 aliphatic rings. The number of likely N-dealkylation sites (tertiary alicyclic amines) is 1. The number of aliphatic carboxylic acids is 1. The standard InChI is InChI=1S/C20H21NO2.Ac.H2O/c22-19(23)15-21-13-11-18(12-14-21)20(16-7-3-1-4-8-16)17-9-5-2-6-10-17;;/h1-10H,11-15H2,(H,22,23);;1H2. The van der Waals surface area contributed by atoms with E-state index in [1.54, 1.807) is 0 Å². The monoisotopic (exact) mass is 552 g/mol. The molecule has 1 heterocycles. The van der Waals surface area contributed by atoms with E-state index in [0.717, 1.165) is 25.9 Å². The summed E-state index contributed by atoms with van der Waals surface area (Å²) in [6.07, 6.45) is 1.85. The first-order chi connectivity index (χ1) is 11.2. The Hall–Kier alpha value is -0.988. The molecule has 129 valence electrons. The van der Waals surface area contributed by atoms with Gasteiger partial charge < -0.3 is 10.6 Å². The van der Waals surface area contributed by atoms with E-state index in [1.165, 1.54) is 22.3 Å². The van der Waals surface area contributed by atoms with E-state index in [9.17, 15) is 4.79 Å². The van der Waals surface area contributed by atoms with Crippen LogP contribution in [0.5, 0.6) is 0 Å². The van der Waals surface area contributed by atoms with E-state index in [4.69, 9.17) is 5.11 Å². The van der Waals surface area contributed by atoms with Crippen LogP contribution < -0.4 is 0 Å². The van der Waals surface area contributed by atoms with Gasteiger partial charge in [0.15, 0.2) is 0 Å². The normalized spacial score (nSPS) is 14.2. The molecule has 2 aromatic rings. The van der Waals surface area contributed by atoms with Crippen LogP contribution in [0.3, 0.4) is 0 Å². The van der Waals surface area contributed by atoms with Crippen molar-refractivity contribution in [2.75, 3.05) is 19.6 Å². The van der Waals surface area contributed by atoms with Crippen LogP contribution in [-0.4, -0.2) is 41.1 Å².